The molecule has 0 bridgehead atoms. The topological polar surface area (TPSA) is 23.0 Å². The highest BCUT2D eigenvalue weighted by molar-refractivity contribution is 6.13. The van der Waals surface area contributed by atoms with Gasteiger partial charge in [0.1, 0.15) is 11.2 Å². The predicted octanol–water partition coefficient (Wildman–Crippen LogP) is 13.4. The summed E-state index contributed by atoms with van der Waals surface area (Å²) in [4.78, 5) is 0. The van der Waals surface area contributed by atoms with Gasteiger partial charge in [-0.1, -0.05) is 103 Å². The van der Waals surface area contributed by atoms with E-state index in [-0.39, 0.29) is 0 Å². The molecule has 0 atom stereocenters. The Kier molecular flexibility index (Phi) is 6.17. The molecule has 0 aliphatic heterocycles. The third kappa shape index (κ3) is 4.20. The molecule has 0 aliphatic carbocycles. The number of fused-ring (bicyclic) bond motifs is 9. The number of nitrogens with zero attached hydrogens (tertiary/aromatic N) is 2. The van der Waals surface area contributed by atoms with Crippen molar-refractivity contribution in [3.63, 3.8) is 0 Å². The Hall–Kier alpha value is -6.84. The summed E-state index contributed by atoms with van der Waals surface area (Å²) in [6, 6.07) is 63.6. The van der Waals surface area contributed by atoms with E-state index in [0.717, 1.165) is 21.9 Å². The maximum Gasteiger partial charge on any atom is 0.135 e. The van der Waals surface area contributed by atoms with Crippen molar-refractivity contribution in [3.05, 3.63) is 181 Å². The van der Waals surface area contributed by atoms with Crippen molar-refractivity contribution in [2.75, 3.05) is 0 Å². The number of aromatic nitrogens is 2. The van der Waals surface area contributed by atoms with Crippen molar-refractivity contribution in [1.82, 2.24) is 9.13 Å². The minimum atomic E-state index is 0.915. The fourth-order valence-electron chi connectivity index (χ4n) is 8.49. The molecule has 0 unspecified atom stereocenters. The Labute approximate surface area is 300 Å². The maximum absolute atomic E-state index is 6.15. The van der Waals surface area contributed by atoms with E-state index in [9.17, 15) is 0 Å². The van der Waals surface area contributed by atoms with Gasteiger partial charge >= 0.3 is 0 Å². The van der Waals surface area contributed by atoms with Gasteiger partial charge in [0.25, 0.3) is 0 Å². The second-order valence-corrected chi connectivity index (χ2v) is 13.8. The van der Waals surface area contributed by atoms with Crippen LogP contribution in [0, 0.1) is 6.92 Å². The number of benzene rings is 8. The second-order valence-electron chi connectivity index (χ2n) is 13.8. The van der Waals surface area contributed by atoms with Crippen molar-refractivity contribution in [1.29, 1.82) is 0 Å². The predicted molar refractivity (Wildman–Crippen MR) is 218 cm³/mol. The van der Waals surface area contributed by atoms with Gasteiger partial charge < -0.3 is 13.6 Å². The molecular formula is C49H32N2O. The van der Waals surface area contributed by atoms with Crippen LogP contribution in [0.4, 0.5) is 0 Å². The molecule has 11 aromatic rings. The first-order chi connectivity index (χ1) is 25.7. The van der Waals surface area contributed by atoms with E-state index in [4.69, 9.17) is 4.42 Å². The SMILES string of the molecule is Cc1c(-c2ccc3oc4ccccc4c3c2)cccc1-n1c2ccccc2c2cc(-c3ccc4c(c3)c3ccccc3n4-c3ccccc3)ccc21. The monoisotopic (exact) mass is 664 g/mol. The Morgan fingerprint density at radius 3 is 1.63 bits per heavy atom. The summed E-state index contributed by atoms with van der Waals surface area (Å²) in [7, 11) is 0. The molecule has 0 saturated carbocycles. The average Bonchev–Trinajstić information content (AvgIpc) is 3.85. The van der Waals surface area contributed by atoms with Crippen LogP contribution in [0.2, 0.25) is 0 Å². The first kappa shape index (κ1) is 28.9. The van der Waals surface area contributed by atoms with Crippen molar-refractivity contribution < 1.29 is 4.42 Å². The number of hydrogen-bond donors (Lipinski definition) is 0. The fraction of sp³-hybridized carbons (Fsp3) is 0.0204. The molecule has 3 heterocycles. The molecule has 244 valence electrons. The Morgan fingerprint density at radius 2 is 0.904 bits per heavy atom. The summed E-state index contributed by atoms with van der Waals surface area (Å²) < 4.78 is 11.0. The lowest BCUT2D eigenvalue weighted by Gasteiger charge is -2.15. The quantitative estimate of drug-likeness (QED) is 0.184. The molecule has 0 amide bonds. The summed E-state index contributed by atoms with van der Waals surface area (Å²) in [6.07, 6.45) is 0. The van der Waals surface area contributed by atoms with Crippen LogP contribution in [-0.4, -0.2) is 9.13 Å². The summed E-state index contributed by atoms with van der Waals surface area (Å²) >= 11 is 0. The number of hydrogen-bond acceptors (Lipinski definition) is 1. The highest BCUT2D eigenvalue weighted by Crippen LogP contribution is 2.40. The third-order valence-electron chi connectivity index (χ3n) is 10.9. The number of furan rings is 1. The van der Waals surface area contributed by atoms with Gasteiger partial charge in [0.15, 0.2) is 0 Å². The Balaban J connectivity index is 1.07. The molecule has 3 aromatic heterocycles. The van der Waals surface area contributed by atoms with Gasteiger partial charge in [0.05, 0.1) is 22.1 Å². The van der Waals surface area contributed by atoms with Crippen LogP contribution in [0.15, 0.2) is 180 Å². The first-order valence-corrected chi connectivity index (χ1v) is 17.9. The van der Waals surface area contributed by atoms with E-state index in [1.165, 1.54) is 82.8 Å². The van der Waals surface area contributed by atoms with Gasteiger partial charge in [-0.15, -0.1) is 0 Å². The molecule has 0 fully saturated rings. The molecule has 11 rings (SSSR count). The van der Waals surface area contributed by atoms with E-state index >= 15 is 0 Å². The fourth-order valence-corrected chi connectivity index (χ4v) is 8.49. The number of rotatable bonds is 4. The minimum Gasteiger partial charge on any atom is -0.456 e. The van der Waals surface area contributed by atoms with Crippen molar-refractivity contribution in [3.8, 4) is 33.6 Å². The average molecular weight is 665 g/mol. The molecule has 0 saturated heterocycles. The molecule has 3 heteroatoms. The van der Waals surface area contributed by atoms with Crippen molar-refractivity contribution in [2.45, 2.75) is 6.92 Å². The molecule has 0 radical (unpaired) electrons. The molecule has 0 aliphatic rings. The van der Waals surface area contributed by atoms with Gasteiger partial charge in [0.2, 0.25) is 0 Å². The molecular weight excluding hydrogens is 633 g/mol. The molecule has 8 aromatic carbocycles. The Morgan fingerprint density at radius 1 is 0.365 bits per heavy atom. The summed E-state index contributed by atoms with van der Waals surface area (Å²) in [5.74, 6) is 0. The zero-order valence-corrected chi connectivity index (χ0v) is 28.5. The lowest BCUT2D eigenvalue weighted by Crippen LogP contribution is -1.98. The van der Waals surface area contributed by atoms with Crippen molar-refractivity contribution in [2.24, 2.45) is 0 Å². The van der Waals surface area contributed by atoms with Crippen LogP contribution in [0.1, 0.15) is 5.56 Å². The summed E-state index contributed by atoms with van der Waals surface area (Å²) in [5.41, 5.74) is 15.1. The summed E-state index contributed by atoms with van der Waals surface area (Å²) in [6.45, 7) is 2.25. The third-order valence-corrected chi connectivity index (χ3v) is 10.9. The highest BCUT2D eigenvalue weighted by Gasteiger charge is 2.18. The van der Waals surface area contributed by atoms with Crippen LogP contribution >= 0.6 is 0 Å². The molecule has 0 N–H and O–H groups in total. The molecule has 0 spiro atoms. The minimum absolute atomic E-state index is 0.915. The van der Waals surface area contributed by atoms with E-state index in [0.29, 0.717) is 0 Å². The first-order valence-electron chi connectivity index (χ1n) is 17.9. The second kappa shape index (κ2) is 11.1. The van der Waals surface area contributed by atoms with E-state index in [2.05, 4.69) is 180 Å². The lowest BCUT2D eigenvalue weighted by molar-refractivity contribution is 0.669. The van der Waals surface area contributed by atoms with E-state index < -0.39 is 0 Å². The van der Waals surface area contributed by atoms with Crippen LogP contribution < -0.4 is 0 Å². The van der Waals surface area contributed by atoms with E-state index in [1.54, 1.807) is 0 Å². The van der Waals surface area contributed by atoms with Crippen molar-refractivity contribution >= 4 is 65.6 Å². The normalized spacial score (nSPS) is 11.9. The number of para-hydroxylation sites is 4. The van der Waals surface area contributed by atoms with Crippen LogP contribution in [0.25, 0.3) is 99.2 Å². The summed E-state index contributed by atoms with van der Waals surface area (Å²) in [5, 5.41) is 7.30. The zero-order chi connectivity index (χ0) is 34.3. The molecule has 3 nitrogen and oxygen atoms in total. The zero-order valence-electron chi connectivity index (χ0n) is 28.5. The van der Waals surface area contributed by atoms with Crippen LogP contribution in [0.5, 0.6) is 0 Å². The van der Waals surface area contributed by atoms with Gasteiger partial charge in [-0.25, -0.2) is 0 Å². The molecule has 52 heavy (non-hydrogen) atoms. The van der Waals surface area contributed by atoms with Crippen LogP contribution in [-0.2, 0) is 0 Å². The smallest absolute Gasteiger partial charge is 0.135 e. The highest BCUT2D eigenvalue weighted by atomic mass is 16.3. The van der Waals surface area contributed by atoms with Gasteiger partial charge in [-0.05, 0) is 108 Å². The van der Waals surface area contributed by atoms with Gasteiger partial charge in [-0.3, -0.25) is 0 Å². The van der Waals surface area contributed by atoms with Gasteiger partial charge in [0, 0.05) is 43.7 Å². The standard InChI is InChI=1S/C49H32N2O/c1-31-36(34-24-27-49-42(30-34)39-16-7-10-21-48(39)52-49)17-11-20-43(31)51-45-19-9-6-15-38(45)41-29-33(23-26-47(41)51)32-22-25-46-40(28-32)37-14-5-8-18-44(37)50(46)35-12-3-2-4-13-35/h2-30H,1H3. The largest absolute Gasteiger partial charge is 0.456 e. The van der Waals surface area contributed by atoms with Crippen LogP contribution in [0.3, 0.4) is 0 Å². The van der Waals surface area contributed by atoms with Gasteiger partial charge in [-0.2, -0.15) is 0 Å². The maximum atomic E-state index is 6.15. The lowest BCUT2D eigenvalue weighted by atomic mass is 9.97. The van der Waals surface area contributed by atoms with E-state index in [1.807, 2.05) is 12.1 Å². The Bertz CT molecular complexity index is 3190.